The van der Waals surface area contributed by atoms with Crippen molar-refractivity contribution in [3.8, 4) is 5.69 Å². The fraction of sp³-hybridized carbons (Fsp3) is 0.515. The summed E-state index contributed by atoms with van der Waals surface area (Å²) in [6, 6.07) is 8.36. The van der Waals surface area contributed by atoms with Gasteiger partial charge in [0.1, 0.15) is 17.8 Å². The number of halogens is 3. The van der Waals surface area contributed by atoms with Crippen LogP contribution in [-0.4, -0.2) is 71.4 Å². The Hall–Kier alpha value is -4.13. The number of ether oxygens (including phenoxy) is 1. The first-order valence-electron chi connectivity index (χ1n) is 15.7. The Morgan fingerprint density at radius 3 is 2.52 bits per heavy atom. The van der Waals surface area contributed by atoms with Gasteiger partial charge >= 0.3 is 18.0 Å². The second-order valence-corrected chi connectivity index (χ2v) is 13.8. The predicted molar refractivity (Wildman–Crippen MR) is 166 cm³/mol. The molecule has 0 radical (unpaired) electrons. The first-order valence-corrected chi connectivity index (χ1v) is 15.7. The number of nitrogens with zero attached hydrogens (tertiary/aromatic N) is 7. The highest BCUT2D eigenvalue weighted by Crippen LogP contribution is 2.38. The minimum absolute atomic E-state index is 0.0209. The normalized spacial score (nSPS) is 19.0. The average Bonchev–Trinajstić information content (AvgIpc) is 3.51. The van der Waals surface area contributed by atoms with Crippen molar-refractivity contribution in [3.63, 3.8) is 0 Å². The molecule has 2 saturated heterocycles. The number of hydrogen-bond acceptors (Lipinski definition) is 6. The molecule has 1 amide bonds. The van der Waals surface area contributed by atoms with Gasteiger partial charge in [-0.2, -0.15) is 13.2 Å². The lowest BCUT2D eigenvalue weighted by Gasteiger charge is -2.43. The number of carbonyl (C=O) groups is 1. The van der Waals surface area contributed by atoms with Crippen LogP contribution in [0.3, 0.4) is 0 Å². The van der Waals surface area contributed by atoms with E-state index >= 15 is 0 Å². The van der Waals surface area contributed by atoms with Gasteiger partial charge in [0.05, 0.1) is 22.7 Å². The molecule has 2 fully saturated rings. The molecule has 13 heteroatoms. The van der Waals surface area contributed by atoms with Crippen molar-refractivity contribution in [2.24, 2.45) is 18.9 Å². The zero-order valence-corrected chi connectivity index (χ0v) is 26.8. The van der Waals surface area contributed by atoms with Crippen molar-refractivity contribution in [1.82, 2.24) is 33.5 Å². The smallest absolute Gasteiger partial charge is 0.418 e. The topological polar surface area (TPSA) is 89.9 Å². The Balaban J connectivity index is 1.35. The summed E-state index contributed by atoms with van der Waals surface area (Å²) in [7, 11) is 1.84. The van der Waals surface area contributed by atoms with Crippen molar-refractivity contribution < 1.29 is 22.7 Å². The molecule has 6 rings (SSSR count). The first kappa shape index (κ1) is 31.8. The number of aryl methyl sites for hydroxylation is 1. The molecule has 4 aromatic rings. The van der Waals surface area contributed by atoms with Crippen LogP contribution >= 0.6 is 0 Å². The summed E-state index contributed by atoms with van der Waals surface area (Å²) in [6.07, 6.45) is 1.47. The van der Waals surface area contributed by atoms with E-state index in [4.69, 9.17) is 4.74 Å². The maximum atomic E-state index is 14.4. The summed E-state index contributed by atoms with van der Waals surface area (Å²) in [5.74, 6) is 0.841. The Morgan fingerprint density at radius 1 is 1.11 bits per heavy atom. The van der Waals surface area contributed by atoms with Crippen LogP contribution in [0.15, 0.2) is 53.8 Å². The molecule has 5 heterocycles. The number of pyridine rings is 1. The van der Waals surface area contributed by atoms with E-state index in [9.17, 15) is 22.8 Å². The Bertz CT molecular complexity index is 1800. The highest BCUT2D eigenvalue weighted by Gasteiger charge is 2.41. The second-order valence-electron chi connectivity index (χ2n) is 13.8. The molecule has 0 saturated carbocycles. The zero-order valence-electron chi connectivity index (χ0n) is 26.8. The Kier molecular flexibility index (Phi) is 8.24. The number of likely N-dealkylation sites (tertiary alicyclic amines) is 2. The minimum atomic E-state index is -4.64. The van der Waals surface area contributed by atoms with Crippen LogP contribution in [0.2, 0.25) is 0 Å². The molecular weight excluding hydrogens is 599 g/mol. The van der Waals surface area contributed by atoms with Gasteiger partial charge in [0.15, 0.2) is 0 Å². The summed E-state index contributed by atoms with van der Waals surface area (Å²) in [5.41, 5.74) is -0.550. The van der Waals surface area contributed by atoms with E-state index in [1.807, 2.05) is 38.5 Å². The van der Waals surface area contributed by atoms with Crippen LogP contribution < -0.4 is 5.69 Å². The van der Waals surface area contributed by atoms with E-state index in [0.29, 0.717) is 42.6 Å². The highest BCUT2D eigenvalue weighted by molar-refractivity contribution is 5.69. The number of fused-ring (bicyclic) bond motifs is 1. The van der Waals surface area contributed by atoms with Gasteiger partial charge in [-0.15, -0.1) is 10.2 Å². The van der Waals surface area contributed by atoms with E-state index in [-0.39, 0.29) is 17.4 Å². The van der Waals surface area contributed by atoms with Crippen LogP contribution in [0.5, 0.6) is 0 Å². The fourth-order valence-corrected chi connectivity index (χ4v) is 6.71. The van der Waals surface area contributed by atoms with E-state index in [0.717, 1.165) is 35.9 Å². The lowest BCUT2D eigenvalue weighted by Crippen LogP contribution is -2.53. The summed E-state index contributed by atoms with van der Waals surface area (Å²) < 4.78 is 52.8. The quantitative estimate of drug-likeness (QED) is 0.278. The average molecular weight is 640 g/mol. The van der Waals surface area contributed by atoms with Crippen LogP contribution in [0.25, 0.3) is 11.2 Å². The third-order valence-electron chi connectivity index (χ3n) is 8.84. The molecule has 0 N–H and O–H groups in total. The summed E-state index contributed by atoms with van der Waals surface area (Å²) in [5, 5.41) is 8.42. The number of amides is 1. The zero-order chi connectivity index (χ0) is 33.0. The molecular formula is C33H40F3N7O3. The number of benzene rings is 1. The molecule has 46 heavy (non-hydrogen) atoms. The lowest BCUT2D eigenvalue weighted by molar-refractivity contribution is -0.136. The number of aromatic nitrogens is 5. The van der Waals surface area contributed by atoms with Crippen molar-refractivity contribution >= 4 is 11.6 Å². The maximum Gasteiger partial charge on any atom is 0.418 e. The highest BCUT2D eigenvalue weighted by atomic mass is 19.4. The van der Waals surface area contributed by atoms with Crippen molar-refractivity contribution in [1.29, 1.82) is 0 Å². The SMILES string of the molecule is C[C@H]1CCCN(Cc2cc(C(F)(F)F)c3cn(-c4cccc([C@@H](c5nncn5C)C5CN(C(=O)OC(C)(C)C)C5)c4)c(=O)n3c2)C1. The molecule has 2 atom stereocenters. The van der Waals surface area contributed by atoms with Crippen LogP contribution in [0.1, 0.15) is 69.0 Å². The van der Waals surface area contributed by atoms with E-state index in [1.165, 1.54) is 23.0 Å². The van der Waals surface area contributed by atoms with Crippen molar-refractivity contribution in [3.05, 3.63) is 82.1 Å². The van der Waals surface area contributed by atoms with Gasteiger partial charge in [0, 0.05) is 51.5 Å². The van der Waals surface area contributed by atoms with Gasteiger partial charge in [-0.25, -0.2) is 9.59 Å². The standard InChI is InChI=1S/C33H40F3N7O3/c1-21-8-7-11-40(14-21)15-22-12-26(33(34,35)36)27-19-42(30(44)43(27)16-22)25-10-6-9-23(13-25)28(29-38-37-20-39(29)5)24-17-41(18-24)31(45)46-32(2,3)4/h6,9-10,12-13,16,19-21,24,28H,7-8,11,14-15,17-18H2,1-5H3/t21-,28+/m0/s1. The first-order chi connectivity index (χ1) is 21.7. The van der Waals surface area contributed by atoms with Gasteiger partial charge in [0.25, 0.3) is 0 Å². The van der Waals surface area contributed by atoms with Gasteiger partial charge < -0.3 is 14.2 Å². The number of hydrogen-bond donors (Lipinski definition) is 0. The van der Waals surface area contributed by atoms with Crippen molar-refractivity contribution in [2.75, 3.05) is 26.2 Å². The number of imidazole rings is 1. The fourth-order valence-electron chi connectivity index (χ4n) is 6.71. The summed E-state index contributed by atoms with van der Waals surface area (Å²) in [6.45, 7) is 10.4. The second kappa shape index (κ2) is 11.9. The van der Waals surface area contributed by atoms with E-state index in [2.05, 4.69) is 22.0 Å². The molecule has 10 nitrogen and oxygen atoms in total. The molecule has 2 aliphatic heterocycles. The van der Waals surface area contributed by atoms with Crippen LogP contribution in [0.4, 0.5) is 18.0 Å². The minimum Gasteiger partial charge on any atom is -0.444 e. The van der Waals surface area contributed by atoms with Crippen LogP contribution in [-0.2, 0) is 24.5 Å². The number of piperidine rings is 1. The Morgan fingerprint density at radius 2 is 1.87 bits per heavy atom. The number of rotatable bonds is 6. The third-order valence-corrected chi connectivity index (χ3v) is 8.84. The van der Waals surface area contributed by atoms with Gasteiger partial charge in [-0.1, -0.05) is 19.1 Å². The molecule has 1 aromatic carbocycles. The molecule has 2 aliphatic rings. The van der Waals surface area contributed by atoms with Gasteiger partial charge in [-0.05, 0) is 75.4 Å². The molecule has 0 unspecified atom stereocenters. The molecule has 0 bridgehead atoms. The van der Waals surface area contributed by atoms with Crippen molar-refractivity contribution in [2.45, 2.75) is 64.8 Å². The number of carbonyl (C=O) groups excluding carboxylic acids is 1. The predicted octanol–water partition coefficient (Wildman–Crippen LogP) is 5.47. The molecule has 0 aliphatic carbocycles. The molecule has 246 valence electrons. The van der Waals surface area contributed by atoms with Crippen LogP contribution in [0, 0.1) is 11.8 Å². The molecule has 3 aromatic heterocycles. The largest absolute Gasteiger partial charge is 0.444 e. The summed E-state index contributed by atoms with van der Waals surface area (Å²) >= 11 is 0. The van der Waals surface area contributed by atoms with E-state index in [1.54, 1.807) is 29.4 Å². The molecule has 0 spiro atoms. The maximum absolute atomic E-state index is 14.4. The van der Waals surface area contributed by atoms with Gasteiger partial charge in [0.2, 0.25) is 0 Å². The monoisotopic (exact) mass is 639 g/mol. The van der Waals surface area contributed by atoms with E-state index < -0.39 is 29.1 Å². The lowest BCUT2D eigenvalue weighted by atomic mass is 9.80. The Labute approximate surface area is 265 Å². The third kappa shape index (κ3) is 6.42. The number of alkyl halides is 3. The summed E-state index contributed by atoms with van der Waals surface area (Å²) in [4.78, 5) is 30.2. The van der Waals surface area contributed by atoms with Gasteiger partial charge in [-0.3, -0.25) is 13.9 Å².